The van der Waals surface area contributed by atoms with Crippen LogP contribution in [-0.4, -0.2) is 13.2 Å². The number of rotatable bonds is 4. The molecule has 1 aromatic rings. The number of alkyl halides is 3. The smallest absolute Gasteiger partial charge is 0.313 e. The van der Waals surface area contributed by atoms with Gasteiger partial charge in [0.25, 0.3) is 0 Å². The monoisotopic (exact) mass is 331 g/mol. The lowest BCUT2D eigenvalue weighted by Crippen LogP contribution is -2.20. The fraction of sp³-hybridized carbons (Fsp3) is 0.455. The van der Waals surface area contributed by atoms with E-state index in [9.17, 15) is 22.0 Å². The van der Waals surface area contributed by atoms with Crippen LogP contribution in [0, 0.1) is 11.6 Å². The first-order valence-electron chi connectivity index (χ1n) is 5.13. The molecule has 1 unspecified atom stereocenters. The lowest BCUT2D eigenvalue weighted by atomic mass is 10.0. The third-order valence-electron chi connectivity index (χ3n) is 2.51. The van der Waals surface area contributed by atoms with Gasteiger partial charge in [-0.1, -0.05) is 6.07 Å². The van der Waals surface area contributed by atoms with Gasteiger partial charge in [-0.05, 0) is 41.0 Å². The van der Waals surface area contributed by atoms with E-state index in [1.165, 1.54) is 13.1 Å². The van der Waals surface area contributed by atoms with E-state index in [0.29, 0.717) is 0 Å². The van der Waals surface area contributed by atoms with Crippen LogP contribution in [0.25, 0.3) is 0 Å². The molecule has 1 N–H and O–H groups in total. The van der Waals surface area contributed by atoms with E-state index in [1.54, 1.807) is 0 Å². The van der Waals surface area contributed by atoms with Crippen LogP contribution in [0.2, 0.25) is 0 Å². The Kier molecular flexibility index (Phi) is 5.10. The molecule has 1 atom stereocenters. The maximum Gasteiger partial charge on any atom is 0.389 e. The molecule has 0 saturated carbocycles. The molecule has 18 heavy (non-hydrogen) atoms. The number of benzene rings is 1. The van der Waals surface area contributed by atoms with Crippen LogP contribution < -0.4 is 5.32 Å². The third-order valence-corrected chi connectivity index (χ3v) is 3.31. The maximum absolute atomic E-state index is 13.3. The molecule has 0 fully saturated rings. The Balaban J connectivity index is 2.92. The second kappa shape index (κ2) is 5.97. The van der Waals surface area contributed by atoms with E-state index in [0.717, 1.165) is 6.07 Å². The molecule has 102 valence electrons. The Bertz CT molecular complexity index is 419. The van der Waals surface area contributed by atoms with E-state index in [-0.39, 0.29) is 16.5 Å². The summed E-state index contributed by atoms with van der Waals surface area (Å²) in [6.45, 7) is 0. The summed E-state index contributed by atoms with van der Waals surface area (Å²) >= 11 is 2.86. The molecule has 1 nitrogen and oxygen atoms in total. The lowest BCUT2D eigenvalue weighted by molar-refractivity contribution is -0.136. The molecule has 0 amide bonds. The Labute approximate surface area is 110 Å². The second-order valence-electron chi connectivity index (χ2n) is 3.76. The fourth-order valence-corrected chi connectivity index (χ4v) is 2.17. The first kappa shape index (κ1) is 15.4. The average molecular weight is 332 g/mol. The number of nitrogens with one attached hydrogen (secondary N) is 1. The van der Waals surface area contributed by atoms with Crippen molar-refractivity contribution < 1.29 is 22.0 Å². The summed E-state index contributed by atoms with van der Waals surface area (Å²) in [5, 5.41) is 2.66. The number of hydrogen-bond acceptors (Lipinski definition) is 1. The van der Waals surface area contributed by atoms with Gasteiger partial charge in [0.05, 0.1) is 4.47 Å². The molecule has 1 rings (SSSR count). The van der Waals surface area contributed by atoms with Crippen molar-refractivity contribution >= 4 is 15.9 Å². The summed E-state index contributed by atoms with van der Waals surface area (Å²) in [5.41, 5.74) is 0.264. The van der Waals surface area contributed by atoms with Crippen LogP contribution in [0.1, 0.15) is 24.4 Å². The van der Waals surface area contributed by atoms with Gasteiger partial charge in [0.1, 0.15) is 0 Å². The zero-order valence-electron chi connectivity index (χ0n) is 9.41. The molecule has 1 aromatic carbocycles. The minimum atomic E-state index is -4.28. The highest BCUT2D eigenvalue weighted by molar-refractivity contribution is 9.10. The molecular weight excluding hydrogens is 321 g/mol. The summed E-state index contributed by atoms with van der Waals surface area (Å²) in [6, 6.07) is 1.46. The molecule has 7 heteroatoms. The van der Waals surface area contributed by atoms with Crippen molar-refractivity contribution in [1.82, 2.24) is 5.32 Å². The van der Waals surface area contributed by atoms with Crippen LogP contribution in [-0.2, 0) is 0 Å². The van der Waals surface area contributed by atoms with E-state index in [1.807, 2.05) is 0 Å². The Morgan fingerprint density at radius 3 is 2.39 bits per heavy atom. The predicted octanol–water partition coefficient (Wildman–Crippen LogP) is 4.33. The summed E-state index contributed by atoms with van der Waals surface area (Å²) in [6.07, 6.45) is -5.52. The molecule has 0 aliphatic rings. The Hall–Kier alpha value is -0.690. The standard InChI is InChI=1S/C11H11BrF5N/c1-18-8(4-5-11(15,16)17)6-2-3-7(13)10(14)9(6)12/h2-3,8,18H,4-5H2,1H3. The summed E-state index contributed by atoms with van der Waals surface area (Å²) < 4.78 is 62.5. The van der Waals surface area contributed by atoms with Crippen molar-refractivity contribution in [3.05, 3.63) is 33.8 Å². The van der Waals surface area contributed by atoms with Crippen LogP contribution in [0.5, 0.6) is 0 Å². The van der Waals surface area contributed by atoms with Crippen molar-refractivity contribution in [3.8, 4) is 0 Å². The van der Waals surface area contributed by atoms with E-state index in [4.69, 9.17) is 0 Å². The van der Waals surface area contributed by atoms with Gasteiger partial charge in [-0.25, -0.2) is 8.78 Å². The molecule has 0 aliphatic heterocycles. The van der Waals surface area contributed by atoms with Crippen LogP contribution in [0.4, 0.5) is 22.0 Å². The zero-order valence-corrected chi connectivity index (χ0v) is 11.0. The highest BCUT2D eigenvalue weighted by atomic mass is 79.9. The van der Waals surface area contributed by atoms with Gasteiger partial charge < -0.3 is 5.32 Å². The number of hydrogen-bond donors (Lipinski definition) is 1. The van der Waals surface area contributed by atoms with Crippen molar-refractivity contribution in [2.24, 2.45) is 0 Å². The third kappa shape index (κ3) is 3.91. The Morgan fingerprint density at radius 1 is 1.28 bits per heavy atom. The summed E-state index contributed by atoms with van der Waals surface area (Å²) in [4.78, 5) is 0. The summed E-state index contributed by atoms with van der Waals surface area (Å²) in [5.74, 6) is -2.14. The van der Waals surface area contributed by atoms with E-state index < -0.39 is 30.3 Å². The van der Waals surface area contributed by atoms with E-state index >= 15 is 0 Å². The molecule has 0 heterocycles. The van der Waals surface area contributed by atoms with Crippen molar-refractivity contribution in [2.75, 3.05) is 7.05 Å². The molecule has 0 aromatic heterocycles. The van der Waals surface area contributed by atoms with Gasteiger partial charge in [-0.2, -0.15) is 13.2 Å². The fourth-order valence-electron chi connectivity index (χ4n) is 1.57. The maximum atomic E-state index is 13.3. The van der Waals surface area contributed by atoms with Crippen LogP contribution in [0.3, 0.4) is 0 Å². The lowest BCUT2D eigenvalue weighted by Gasteiger charge is -2.19. The first-order valence-corrected chi connectivity index (χ1v) is 5.93. The molecule has 0 bridgehead atoms. The van der Waals surface area contributed by atoms with Crippen molar-refractivity contribution in [1.29, 1.82) is 0 Å². The minimum absolute atomic E-state index is 0.149. The highest BCUT2D eigenvalue weighted by Crippen LogP contribution is 2.32. The van der Waals surface area contributed by atoms with Gasteiger partial charge in [0, 0.05) is 12.5 Å². The molecule has 0 saturated heterocycles. The largest absolute Gasteiger partial charge is 0.389 e. The quantitative estimate of drug-likeness (QED) is 0.639. The van der Waals surface area contributed by atoms with Crippen molar-refractivity contribution in [2.45, 2.75) is 25.1 Å². The predicted molar refractivity (Wildman–Crippen MR) is 61.1 cm³/mol. The second-order valence-corrected chi connectivity index (χ2v) is 4.55. The first-order chi connectivity index (χ1) is 8.26. The topological polar surface area (TPSA) is 12.0 Å². The molecule has 0 spiro atoms. The number of halogens is 6. The molecular formula is C11H11BrF5N. The zero-order chi connectivity index (χ0) is 13.9. The van der Waals surface area contributed by atoms with Gasteiger partial charge in [0.15, 0.2) is 11.6 Å². The van der Waals surface area contributed by atoms with Gasteiger partial charge in [-0.15, -0.1) is 0 Å². The normalized spacial score (nSPS) is 13.7. The van der Waals surface area contributed by atoms with Gasteiger partial charge in [-0.3, -0.25) is 0 Å². The Morgan fingerprint density at radius 2 is 1.89 bits per heavy atom. The van der Waals surface area contributed by atoms with Gasteiger partial charge >= 0.3 is 6.18 Å². The minimum Gasteiger partial charge on any atom is -0.313 e. The highest BCUT2D eigenvalue weighted by Gasteiger charge is 2.29. The van der Waals surface area contributed by atoms with Crippen LogP contribution >= 0.6 is 15.9 Å². The average Bonchev–Trinajstić information content (AvgIpc) is 2.28. The molecule has 0 radical (unpaired) electrons. The summed E-state index contributed by atoms with van der Waals surface area (Å²) in [7, 11) is 1.47. The van der Waals surface area contributed by atoms with Crippen molar-refractivity contribution in [3.63, 3.8) is 0 Å². The SMILES string of the molecule is CNC(CCC(F)(F)F)c1ccc(F)c(F)c1Br. The van der Waals surface area contributed by atoms with Gasteiger partial charge in [0.2, 0.25) is 0 Å². The van der Waals surface area contributed by atoms with Crippen LogP contribution in [0.15, 0.2) is 16.6 Å². The van der Waals surface area contributed by atoms with E-state index in [2.05, 4.69) is 21.2 Å². The molecule has 0 aliphatic carbocycles.